The molecule has 0 aliphatic carbocycles. The Balaban J connectivity index is 2.81. The lowest BCUT2D eigenvalue weighted by atomic mass is 10.1. The highest BCUT2D eigenvalue weighted by Gasteiger charge is 2.17. The molecule has 0 heterocycles. The van der Waals surface area contributed by atoms with Crippen molar-refractivity contribution in [2.75, 3.05) is 18.6 Å². The average Bonchev–Trinajstić information content (AvgIpc) is 2.27. The molecule has 1 N–H and O–H groups in total. The Morgan fingerprint density at radius 1 is 1.42 bits per heavy atom. The SMILES string of the molecule is CCCNC(Cc1ccc(Br)cc1F)CS(C)(=O)=O. The average molecular weight is 352 g/mol. The normalized spacial score (nSPS) is 13.5. The van der Waals surface area contributed by atoms with Gasteiger partial charge in [-0.3, -0.25) is 0 Å². The first-order valence-corrected chi connectivity index (χ1v) is 9.02. The fourth-order valence-electron chi connectivity index (χ4n) is 1.86. The van der Waals surface area contributed by atoms with Gasteiger partial charge in [-0.25, -0.2) is 12.8 Å². The van der Waals surface area contributed by atoms with Crippen LogP contribution in [0, 0.1) is 5.82 Å². The monoisotopic (exact) mass is 351 g/mol. The lowest BCUT2D eigenvalue weighted by molar-refractivity contribution is 0.516. The maximum absolute atomic E-state index is 13.8. The number of rotatable bonds is 7. The summed E-state index contributed by atoms with van der Waals surface area (Å²) in [6.45, 7) is 2.73. The van der Waals surface area contributed by atoms with Crippen molar-refractivity contribution in [2.24, 2.45) is 0 Å². The van der Waals surface area contributed by atoms with Gasteiger partial charge in [0.05, 0.1) is 5.75 Å². The van der Waals surface area contributed by atoms with Gasteiger partial charge in [0.25, 0.3) is 0 Å². The largest absolute Gasteiger partial charge is 0.313 e. The van der Waals surface area contributed by atoms with E-state index in [2.05, 4.69) is 21.2 Å². The summed E-state index contributed by atoms with van der Waals surface area (Å²) in [6, 6.07) is 4.58. The highest BCUT2D eigenvalue weighted by molar-refractivity contribution is 9.10. The Morgan fingerprint density at radius 2 is 2.11 bits per heavy atom. The minimum Gasteiger partial charge on any atom is -0.313 e. The van der Waals surface area contributed by atoms with Gasteiger partial charge in [-0.05, 0) is 37.1 Å². The molecule has 0 aliphatic rings. The molecule has 0 aromatic heterocycles. The van der Waals surface area contributed by atoms with Crippen molar-refractivity contribution >= 4 is 25.8 Å². The highest BCUT2D eigenvalue weighted by Crippen LogP contribution is 2.17. The summed E-state index contributed by atoms with van der Waals surface area (Å²) in [5.74, 6) is -0.297. The molecule has 108 valence electrons. The van der Waals surface area contributed by atoms with E-state index in [9.17, 15) is 12.8 Å². The van der Waals surface area contributed by atoms with Gasteiger partial charge >= 0.3 is 0 Å². The lowest BCUT2D eigenvalue weighted by Crippen LogP contribution is -2.37. The van der Waals surface area contributed by atoms with Crippen molar-refractivity contribution in [3.8, 4) is 0 Å². The van der Waals surface area contributed by atoms with Crippen molar-refractivity contribution in [1.82, 2.24) is 5.32 Å². The molecule has 0 spiro atoms. The topological polar surface area (TPSA) is 46.2 Å². The number of nitrogens with one attached hydrogen (secondary N) is 1. The van der Waals surface area contributed by atoms with Crippen LogP contribution in [0.25, 0.3) is 0 Å². The molecule has 1 aromatic rings. The molecule has 0 aliphatic heterocycles. The Bertz CT molecular complexity index is 519. The van der Waals surface area contributed by atoms with Crippen molar-refractivity contribution in [2.45, 2.75) is 25.8 Å². The number of hydrogen-bond acceptors (Lipinski definition) is 3. The summed E-state index contributed by atoms with van der Waals surface area (Å²) >= 11 is 3.20. The minimum atomic E-state index is -3.09. The minimum absolute atomic E-state index is 0.0164. The number of sulfone groups is 1. The Morgan fingerprint density at radius 3 is 2.63 bits per heavy atom. The van der Waals surface area contributed by atoms with Gasteiger partial charge in [0.1, 0.15) is 15.7 Å². The number of benzene rings is 1. The van der Waals surface area contributed by atoms with E-state index in [0.29, 0.717) is 16.5 Å². The quantitative estimate of drug-likeness (QED) is 0.820. The summed E-state index contributed by atoms with van der Waals surface area (Å²) in [5.41, 5.74) is 0.528. The van der Waals surface area contributed by atoms with E-state index in [1.807, 2.05) is 6.92 Å². The van der Waals surface area contributed by atoms with Gasteiger partial charge in [-0.2, -0.15) is 0 Å². The molecule has 1 aromatic carbocycles. The molecule has 0 saturated carbocycles. The first kappa shape index (κ1) is 16.6. The molecular weight excluding hydrogens is 333 g/mol. The van der Waals surface area contributed by atoms with E-state index < -0.39 is 9.84 Å². The van der Waals surface area contributed by atoms with Crippen LogP contribution in [0.4, 0.5) is 4.39 Å². The van der Waals surface area contributed by atoms with E-state index in [1.54, 1.807) is 12.1 Å². The third-order valence-corrected chi connectivity index (χ3v) is 4.17. The second-order valence-electron chi connectivity index (χ2n) is 4.68. The molecule has 1 rings (SSSR count). The fourth-order valence-corrected chi connectivity index (χ4v) is 3.16. The van der Waals surface area contributed by atoms with E-state index in [0.717, 1.165) is 13.0 Å². The van der Waals surface area contributed by atoms with Gasteiger partial charge in [-0.15, -0.1) is 0 Å². The van der Waals surface area contributed by atoms with E-state index in [4.69, 9.17) is 0 Å². The van der Waals surface area contributed by atoms with E-state index in [1.165, 1.54) is 12.3 Å². The van der Waals surface area contributed by atoms with Crippen molar-refractivity contribution < 1.29 is 12.8 Å². The zero-order chi connectivity index (χ0) is 14.5. The van der Waals surface area contributed by atoms with Crippen LogP contribution in [-0.2, 0) is 16.3 Å². The summed E-state index contributed by atoms with van der Waals surface area (Å²) in [5, 5.41) is 3.16. The molecule has 0 fully saturated rings. The van der Waals surface area contributed by atoms with Gasteiger partial charge < -0.3 is 5.32 Å². The zero-order valence-electron chi connectivity index (χ0n) is 11.1. The number of halogens is 2. The summed E-state index contributed by atoms with van der Waals surface area (Å²) in [6.07, 6.45) is 2.47. The van der Waals surface area contributed by atoms with Crippen LogP contribution in [0.1, 0.15) is 18.9 Å². The predicted octanol–water partition coefficient (Wildman–Crippen LogP) is 2.54. The number of hydrogen-bond donors (Lipinski definition) is 1. The zero-order valence-corrected chi connectivity index (χ0v) is 13.5. The molecule has 0 amide bonds. The first-order chi connectivity index (χ1) is 8.81. The molecule has 6 heteroatoms. The van der Waals surface area contributed by atoms with Gasteiger partial charge in [0, 0.05) is 16.8 Å². The molecule has 19 heavy (non-hydrogen) atoms. The molecule has 1 unspecified atom stereocenters. The molecular formula is C13H19BrFNO2S. The van der Waals surface area contributed by atoms with E-state index in [-0.39, 0.29) is 17.6 Å². The van der Waals surface area contributed by atoms with Crippen molar-refractivity contribution in [1.29, 1.82) is 0 Å². The highest BCUT2D eigenvalue weighted by atomic mass is 79.9. The second-order valence-corrected chi connectivity index (χ2v) is 7.78. The van der Waals surface area contributed by atoms with Crippen LogP contribution in [0.2, 0.25) is 0 Å². The molecule has 0 saturated heterocycles. The maximum atomic E-state index is 13.8. The summed E-state index contributed by atoms with van der Waals surface area (Å²) < 4.78 is 37.2. The fraction of sp³-hybridized carbons (Fsp3) is 0.538. The van der Waals surface area contributed by atoms with Crippen LogP contribution >= 0.6 is 15.9 Å². The Hall–Kier alpha value is -0.460. The maximum Gasteiger partial charge on any atom is 0.148 e. The predicted molar refractivity (Wildman–Crippen MR) is 79.6 cm³/mol. The first-order valence-electron chi connectivity index (χ1n) is 6.17. The lowest BCUT2D eigenvalue weighted by Gasteiger charge is -2.18. The Labute approximate surface area is 122 Å². The second kappa shape index (κ2) is 7.36. The van der Waals surface area contributed by atoms with Crippen LogP contribution in [0.5, 0.6) is 0 Å². The third-order valence-electron chi connectivity index (χ3n) is 2.67. The van der Waals surface area contributed by atoms with Crippen LogP contribution in [0.15, 0.2) is 22.7 Å². The molecule has 1 atom stereocenters. The van der Waals surface area contributed by atoms with E-state index >= 15 is 0 Å². The van der Waals surface area contributed by atoms with Crippen molar-refractivity contribution in [3.63, 3.8) is 0 Å². The van der Waals surface area contributed by atoms with Crippen molar-refractivity contribution in [3.05, 3.63) is 34.1 Å². The smallest absolute Gasteiger partial charge is 0.148 e. The van der Waals surface area contributed by atoms with Gasteiger partial charge in [0.2, 0.25) is 0 Å². The Kier molecular flexibility index (Phi) is 6.42. The molecule has 0 bridgehead atoms. The van der Waals surface area contributed by atoms with Gasteiger partial charge in [-0.1, -0.05) is 28.9 Å². The summed E-state index contributed by atoms with van der Waals surface area (Å²) in [7, 11) is -3.09. The third kappa shape index (κ3) is 6.49. The molecule has 0 radical (unpaired) electrons. The molecule has 3 nitrogen and oxygen atoms in total. The summed E-state index contributed by atoms with van der Waals surface area (Å²) in [4.78, 5) is 0. The standard InChI is InChI=1S/C13H19BrFNO2S/c1-3-6-16-12(9-19(2,17)18)7-10-4-5-11(14)8-13(10)15/h4-5,8,12,16H,3,6-7,9H2,1-2H3. The van der Waals surface area contributed by atoms with Crippen LogP contribution < -0.4 is 5.32 Å². The van der Waals surface area contributed by atoms with Crippen LogP contribution in [0.3, 0.4) is 0 Å². The van der Waals surface area contributed by atoms with Gasteiger partial charge in [0.15, 0.2) is 0 Å². The van der Waals surface area contributed by atoms with Crippen LogP contribution in [-0.4, -0.2) is 33.0 Å².